The van der Waals surface area contributed by atoms with E-state index in [1.807, 2.05) is 18.2 Å². The van der Waals surface area contributed by atoms with Crippen LogP contribution in [0.25, 0.3) is 0 Å². The number of rotatable bonds is 3. The Kier molecular flexibility index (Phi) is 3.96. The molecule has 0 spiro atoms. The van der Waals surface area contributed by atoms with Crippen LogP contribution in [0.4, 0.5) is 5.69 Å². The highest BCUT2D eigenvalue weighted by Crippen LogP contribution is 2.25. The summed E-state index contributed by atoms with van der Waals surface area (Å²) in [5.74, 6) is 0. The molecule has 0 saturated carbocycles. The van der Waals surface area contributed by atoms with Gasteiger partial charge in [0.25, 0.3) is 0 Å². The molecule has 2 heterocycles. The normalized spacial score (nSPS) is 25.2. The van der Waals surface area contributed by atoms with Gasteiger partial charge >= 0.3 is 0 Å². The zero-order valence-corrected chi connectivity index (χ0v) is 12.1. The Labute approximate surface area is 120 Å². The highest BCUT2D eigenvalue weighted by molar-refractivity contribution is 6.31. The minimum absolute atomic E-state index is 0.752. The van der Waals surface area contributed by atoms with Gasteiger partial charge in [-0.1, -0.05) is 11.6 Å². The molecule has 2 N–H and O–H groups in total. The molecule has 2 aliphatic rings. The van der Waals surface area contributed by atoms with Crippen molar-refractivity contribution in [2.45, 2.75) is 31.8 Å². The van der Waals surface area contributed by atoms with Gasteiger partial charge in [-0.15, -0.1) is 0 Å². The largest absolute Gasteiger partial charge is 0.399 e. The number of likely N-dealkylation sites (tertiary alicyclic amines) is 2. The van der Waals surface area contributed by atoms with Gasteiger partial charge < -0.3 is 5.73 Å². The third-order valence-electron chi connectivity index (χ3n) is 4.37. The number of halogens is 1. The maximum atomic E-state index is 6.25. The highest BCUT2D eigenvalue weighted by atomic mass is 35.5. The van der Waals surface area contributed by atoms with E-state index in [0.717, 1.165) is 28.9 Å². The number of hydrogen-bond acceptors (Lipinski definition) is 3. The molecule has 2 saturated heterocycles. The van der Waals surface area contributed by atoms with Crippen LogP contribution < -0.4 is 5.73 Å². The number of hydrogen-bond donors (Lipinski definition) is 1. The molecule has 3 rings (SSSR count). The van der Waals surface area contributed by atoms with Crippen LogP contribution in [0.2, 0.25) is 5.02 Å². The number of benzene rings is 1. The third-order valence-corrected chi connectivity index (χ3v) is 4.74. The summed E-state index contributed by atoms with van der Waals surface area (Å²) in [5.41, 5.74) is 7.80. The fraction of sp³-hybridized carbons (Fsp3) is 0.600. The lowest BCUT2D eigenvalue weighted by atomic mass is 10.2. The van der Waals surface area contributed by atoms with E-state index in [0.29, 0.717) is 0 Å². The van der Waals surface area contributed by atoms with Crippen molar-refractivity contribution in [1.82, 2.24) is 9.80 Å². The smallest absolute Gasteiger partial charge is 0.0452 e. The van der Waals surface area contributed by atoms with E-state index in [9.17, 15) is 0 Å². The molecule has 0 aliphatic carbocycles. The highest BCUT2D eigenvalue weighted by Gasteiger charge is 2.29. The van der Waals surface area contributed by atoms with Crippen molar-refractivity contribution < 1.29 is 0 Å². The Balaban J connectivity index is 1.60. The number of nitrogens with zero attached hydrogens (tertiary/aromatic N) is 2. The molecule has 4 heteroatoms. The Bertz CT molecular complexity index is 443. The predicted octanol–water partition coefficient (Wildman–Crippen LogP) is 2.59. The van der Waals surface area contributed by atoms with Gasteiger partial charge in [0.05, 0.1) is 0 Å². The van der Waals surface area contributed by atoms with Gasteiger partial charge in [0, 0.05) is 36.4 Å². The van der Waals surface area contributed by atoms with Crippen molar-refractivity contribution in [2.75, 3.05) is 31.9 Å². The second-order valence-corrected chi connectivity index (χ2v) is 6.18. The molecule has 2 aliphatic heterocycles. The lowest BCUT2D eigenvalue weighted by Crippen LogP contribution is -2.35. The van der Waals surface area contributed by atoms with Crippen LogP contribution in [0.15, 0.2) is 18.2 Å². The van der Waals surface area contributed by atoms with Crippen molar-refractivity contribution in [3.8, 4) is 0 Å². The first-order chi connectivity index (χ1) is 9.22. The maximum Gasteiger partial charge on any atom is 0.0452 e. The van der Waals surface area contributed by atoms with Crippen molar-refractivity contribution in [2.24, 2.45) is 0 Å². The standard InChI is InChI=1S/C15H22ClN3/c16-15-4-3-13(17)9-12(15)10-18-8-5-14(11-18)19-6-1-2-7-19/h3-4,9,14H,1-2,5-8,10-11,17H2. The van der Waals surface area contributed by atoms with Crippen LogP contribution in [-0.4, -0.2) is 42.0 Å². The first kappa shape index (κ1) is 13.2. The summed E-state index contributed by atoms with van der Waals surface area (Å²) in [6.45, 7) is 5.85. The van der Waals surface area contributed by atoms with Gasteiger partial charge in [-0.3, -0.25) is 9.80 Å². The van der Waals surface area contributed by atoms with E-state index in [1.165, 1.54) is 45.4 Å². The molecule has 1 atom stereocenters. The maximum absolute atomic E-state index is 6.25. The Hall–Kier alpha value is -0.770. The van der Waals surface area contributed by atoms with Gasteiger partial charge in [-0.05, 0) is 56.1 Å². The average molecular weight is 280 g/mol. The molecular formula is C15H22ClN3. The van der Waals surface area contributed by atoms with Gasteiger partial charge in [-0.2, -0.15) is 0 Å². The zero-order valence-electron chi connectivity index (χ0n) is 11.3. The van der Waals surface area contributed by atoms with Crippen LogP contribution in [0, 0.1) is 0 Å². The van der Waals surface area contributed by atoms with Crippen molar-refractivity contribution in [1.29, 1.82) is 0 Å². The quantitative estimate of drug-likeness (QED) is 0.864. The summed E-state index contributed by atoms with van der Waals surface area (Å²) < 4.78 is 0. The molecule has 0 amide bonds. The molecule has 2 fully saturated rings. The van der Waals surface area contributed by atoms with Gasteiger partial charge in [0.2, 0.25) is 0 Å². The minimum Gasteiger partial charge on any atom is -0.399 e. The molecule has 1 aromatic carbocycles. The molecule has 104 valence electrons. The summed E-state index contributed by atoms with van der Waals surface area (Å²) >= 11 is 6.25. The van der Waals surface area contributed by atoms with Crippen LogP contribution in [0.1, 0.15) is 24.8 Å². The first-order valence-corrected chi connectivity index (χ1v) is 7.60. The molecule has 0 bridgehead atoms. The first-order valence-electron chi connectivity index (χ1n) is 7.23. The second-order valence-electron chi connectivity index (χ2n) is 5.77. The second kappa shape index (κ2) is 5.70. The zero-order chi connectivity index (χ0) is 13.2. The Morgan fingerprint density at radius 1 is 1.21 bits per heavy atom. The molecule has 1 aromatic rings. The van der Waals surface area contributed by atoms with Crippen molar-refractivity contribution >= 4 is 17.3 Å². The van der Waals surface area contributed by atoms with Crippen LogP contribution >= 0.6 is 11.6 Å². The van der Waals surface area contributed by atoms with E-state index < -0.39 is 0 Å². The SMILES string of the molecule is Nc1ccc(Cl)c(CN2CCC(N3CCCC3)C2)c1. The molecule has 1 unspecified atom stereocenters. The molecule has 0 radical (unpaired) electrons. The average Bonchev–Trinajstić information content (AvgIpc) is 3.04. The van der Waals surface area contributed by atoms with Crippen molar-refractivity contribution in [3.05, 3.63) is 28.8 Å². The van der Waals surface area contributed by atoms with Crippen LogP contribution in [-0.2, 0) is 6.54 Å². The van der Waals surface area contributed by atoms with Crippen LogP contribution in [0.5, 0.6) is 0 Å². The van der Waals surface area contributed by atoms with Crippen LogP contribution in [0.3, 0.4) is 0 Å². The Morgan fingerprint density at radius 2 is 2.00 bits per heavy atom. The van der Waals surface area contributed by atoms with E-state index in [-0.39, 0.29) is 0 Å². The third kappa shape index (κ3) is 3.04. The molecule has 0 aromatic heterocycles. The lowest BCUT2D eigenvalue weighted by molar-refractivity contribution is 0.230. The summed E-state index contributed by atoms with van der Waals surface area (Å²) in [4.78, 5) is 5.16. The number of anilines is 1. The summed E-state index contributed by atoms with van der Waals surface area (Å²) in [5, 5.41) is 0.832. The number of nitrogens with two attached hydrogens (primary N) is 1. The van der Waals surface area contributed by atoms with E-state index in [2.05, 4.69) is 9.80 Å². The monoisotopic (exact) mass is 279 g/mol. The predicted molar refractivity (Wildman–Crippen MR) is 80.4 cm³/mol. The van der Waals surface area contributed by atoms with Gasteiger partial charge in [-0.25, -0.2) is 0 Å². The van der Waals surface area contributed by atoms with Crippen molar-refractivity contribution in [3.63, 3.8) is 0 Å². The van der Waals surface area contributed by atoms with E-state index in [1.54, 1.807) is 0 Å². The lowest BCUT2D eigenvalue weighted by Gasteiger charge is -2.24. The Morgan fingerprint density at radius 3 is 2.79 bits per heavy atom. The molecular weight excluding hydrogens is 258 g/mol. The fourth-order valence-electron chi connectivity index (χ4n) is 3.32. The van der Waals surface area contributed by atoms with Gasteiger partial charge in [0.1, 0.15) is 0 Å². The van der Waals surface area contributed by atoms with Gasteiger partial charge in [0.15, 0.2) is 0 Å². The van der Waals surface area contributed by atoms with E-state index >= 15 is 0 Å². The summed E-state index contributed by atoms with van der Waals surface area (Å²) in [6, 6.07) is 6.52. The minimum atomic E-state index is 0.752. The summed E-state index contributed by atoms with van der Waals surface area (Å²) in [6.07, 6.45) is 4.04. The van der Waals surface area contributed by atoms with E-state index in [4.69, 9.17) is 17.3 Å². The fourth-order valence-corrected chi connectivity index (χ4v) is 3.49. The molecule has 3 nitrogen and oxygen atoms in total. The summed E-state index contributed by atoms with van der Waals surface area (Å²) in [7, 11) is 0. The number of nitrogen functional groups attached to an aromatic ring is 1. The molecule has 19 heavy (non-hydrogen) atoms. The topological polar surface area (TPSA) is 32.5 Å².